The van der Waals surface area contributed by atoms with Crippen LogP contribution in [0, 0.1) is 0 Å². The second-order valence-corrected chi connectivity index (χ2v) is 9.10. The van der Waals surface area contributed by atoms with E-state index < -0.39 is 22.1 Å². The zero-order valence-electron chi connectivity index (χ0n) is 15.4. The van der Waals surface area contributed by atoms with Crippen molar-refractivity contribution in [1.82, 2.24) is 4.31 Å². The number of methoxy groups -OCH3 is 1. The van der Waals surface area contributed by atoms with Crippen molar-refractivity contribution in [2.45, 2.75) is 55.4 Å². The molecule has 2 saturated heterocycles. The highest BCUT2D eigenvalue weighted by Gasteiger charge is 2.50. The molecule has 7 heteroatoms. The molecule has 4 atom stereocenters. The summed E-state index contributed by atoms with van der Waals surface area (Å²) in [5.41, 5.74) is 0. The number of hydrogen-bond acceptors (Lipinski definition) is 5. The Morgan fingerprint density at radius 3 is 2.63 bits per heavy atom. The first kappa shape index (κ1) is 18.4. The number of ether oxygens (including phenoxy) is 2. The lowest BCUT2D eigenvalue weighted by atomic mass is 9.95. The van der Waals surface area contributed by atoms with Gasteiger partial charge in [0.1, 0.15) is 0 Å². The first-order chi connectivity index (χ1) is 12.9. The van der Waals surface area contributed by atoms with Gasteiger partial charge in [-0.3, -0.25) is 0 Å². The van der Waals surface area contributed by atoms with Crippen LogP contribution in [0.25, 0.3) is 10.8 Å². The van der Waals surface area contributed by atoms with Gasteiger partial charge < -0.3 is 9.47 Å². The van der Waals surface area contributed by atoms with Crippen LogP contribution in [0.1, 0.15) is 26.2 Å². The highest BCUT2D eigenvalue weighted by Crippen LogP contribution is 2.39. The van der Waals surface area contributed by atoms with Crippen LogP contribution < -0.4 is 0 Å². The third kappa shape index (κ3) is 3.13. The highest BCUT2D eigenvalue weighted by molar-refractivity contribution is 7.89. The number of carbonyl (C=O) groups is 1. The molecule has 0 spiro atoms. The Labute approximate surface area is 159 Å². The van der Waals surface area contributed by atoms with Gasteiger partial charge in [0.05, 0.1) is 24.2 Å². The molecule has 2 aromatic rings. The van der Waals surface area contributed by atoms with E-state index in [1.807, 2.05) is 37.3 Å². The van der Waals surface area contributed by atoms with E-state index in [1.165, 1.54) is 7.11 Å². The lowest BCUT2D eigenvalue weighted by Crippen LogP contribution is -2.53. The number of benzene rings is 2. The minimum absolute atomic E-state index is 0.150. The first-order valence-corrected chi connectivity index (χ1v) is 10.6. The maximum atomic E-state index is 13.5. The Balaban J connectivity index is 1.71. The van der Waals surface area contributed by atoms with Gasteiger partial charge in [0.2, 0.25) is 10.0 Å². The molecule has 2 aliphatic heterocycles. The van der Waals surface area contributed by atoms with Gasteiger partial charge in [-0.15, -0.1) is 0 Å². The van der Waals surface area contributed by atoms with Crippen molar-refractivity contribution in [1.29, 1.82) is 0 Å². The first-order valence-electron chi connectivity index (χ1n) is 9.17. The molecule has 27 heavy (non-hydrogen) atoms. The van der Waals surface area contributed by atoms with Crippen molar-refractivity contribution in [2.75, 3.05) is 7.11 Å². The average Bonchev–Trinajstić information content (AvgIpc) is 3.10. The van der Waals surface area contributed by atoms with E-state index in [0.29, 0.717) is 12.8 Å². The SMILES string of the molecule is COC(=O)[C@@H]1C[C@@H]2[C@@H](CC[C@H](C)N2S(=O)(=O)c2ccc3ccccc3c2)O1. The molecule has 2 aromatic carbocycles. The number of fused-ring (bicyclic) bond motifs is 2. The van der Waals surface area contributed by atoms with Crippen molar-refractivity contribution in [3.8, 4) is 0 Å². The molecule has 0 unspecified atom stereocenters. The zero-order valence-corrected chi connectivity index (χ0v) is 16.2. The summed E-state index contributed by atoms with van der Waals surface area (Å²) in [6, 6.07) is 12.4. The molecule has 0 aliphatic carbocycles. The Kier molecular flexibility index (Phi) is 4.70. The molecule has 6 nitrogen and oxygen atoms in total. The number of esters is 1. The van der Waals surface area contributed by atoms with E-state index >= 15 is 0 Å². The molecule has 2 aliphatic rings. The Morgan fingerprint density at radius 2 is 1.89 bits per heavy atom. The van der Waals surface area contributed by atoms with E-state index in [4.69, 9.17) is 9.47 Å². The Bertz CT molecular complexity index is 973. The largest absolute Gasteiger partial charge is 0.467 e. The van der Waals surface area contributed by atoms with E-state index in [9.17, 15) is 13.2 Å². The molecule has 0 radical (unpaired) electrons. The summed E-state index contributed by atoms with van der Waals surface area (Å²) < 4.78 is 39.1. The molecule has 144 valence electrons. The minimum atomic E-state index is -3.71. The van der Waals surface area contributed by atoms with E-state index in [0.717, 1.165) is 17.2 Å². The fraction of sp³-hybridized carbons (Fsp3) is 0.450. The molecule has 0 amide bonds. The third-order valence-corrected chi connectivity index (χ3v) is 7.65. The van der Waals surface area contributed by atoms with Crippen LogP contribution in [-0.2, 0) is 24.3 Å². The quantitative estimate of drug-likeness (QED) is 0.755. The molecule has 2 fully saturated rings. The van der Waals surface area contributed by atoms with Crippen molar-refractivity contribution in [2.24, 2.45) is 0 Å². The molecule has 0 bridgehead atoms. The van der Waals surface area contributed by atoms with Crippen molar-refractivity contribution in [3.05, 3.63) is 42.5 Å². The van der Waals surface area contributed by atoms with Gasteiger partial charge >= 0.3 is 5.97 Å². The number of sulfonamides is 1. The van der Waals surface area contributed by atoms with Crippen LogP contribution in [-0.4, -0.2) is 50.1 Å². The molecular formula is C20H23NO5S. The summed E-state index contributed by atoms with van der Waals surface area (Å²) in [6.45, 7) is 1.92. The van der Waals surface area contributed by atoms with Crippen LogP contribution in [0.4, 0.5) is 0 Å². The van der Waals surface area contributed by atoms with Crippen molar-refractivity contribution >= 4 is 26.8 Å². The second kappa shape index (κ2) is 6.89. The Hall–Kier alpha value is -1.96. The standard InChI is InChI=1S/C20H23NO5S/c1-13-7-10-18-17(12-19(26-18)20(22)25-2)21(13)27(23,24)16-9-8-14-5-3-4-6-15(14)11-16/h3-6,8-9,11,13,17-19H,7,10,12H2,1-2H3/t13-,17+,18+,19-/m0/s1. The van der Waals surface area contributed by atoms with Crippen LogP contribution in [0.2, 0.25) is 0 Å². The fourth-order valence-corrected chi connectivity index (χ4v) is 6.18. The molecule has 0 N–H and O–H groups in total. The van der Waals surface area contributed by atoms with Gasteiger partial charge in [0.25, 0.3) is 0 Å². The topological polar surface area (TPSA) is 72.9 Å². The van der Waals surface area contributed by atoms with Gasteiger partial charge in [-0.05, 0) is 42.7 Å². The maximum absolute atomic E-state index is 13.5. The highest BCUT2D eigenvalue weighted by atomic mass is 32.2. The average molecular weight is 389 g/mol. The number of rotatable bonds is 3. The summed E-state index contributed by atoms with van der Waals surface area (Å²) in [5.74, 6) is -0.444. The lowest BCUT2D eigenvalue weighted by molar-refractivity contribution is -0.153. The fourth-order valence-electron chi connectivity index (χ4n) is 4.26. The number of hydrogen-bond donors (Lipinski definition) is 0. The van der Waals surface area contributed by atoms with Crippen LogP contribution in [0.3, 0.4) is 0 Å². The summed E-state index contributed by atoms with van der Waals surface area (Å²) in [7, 11) is -2.39. The molecule has 0 saturated carbocycles. The predicted molar refractivity (Wildman–Crippen MR) is 101 cm³/mol. The summed E-state index contributed by atoms with van der Waals surface area (Å²) in [5, 5.41) is 1.88. The maximum Gasteiger partial charge on any atom is 0.335 e. The van der Waals surface area contributed by atoms with Crippen LogP contribution >= 0.6 is 0 Å². The Morgan fingerprint density at radius 1 is 1.15 bits per heavy atom. The van der Waals surface area contributed by atoms with Gasteiger partial charge in [-0.1, -0.05) is 30.3 Å². The smallest absolute Gasteiger partial charge is 0.335 e. The summed E-state index contributed by atoms with van der Waals surface area (Å²) in [4.78, 5) is 12.2. The van der Waals surface area contributed by atoms with Crippen LogP contribution in [0.5, 0.6) is 0 Å². The lowest BCUT2D eigenvalue weighted by Gasteiger charge is -2.40. The minimum Gasteiger partial charge on any atom is -0.467 e. The van der Waals surface area contributed by atoms with E-state index in [2.05, 4.69) is 0 Å². The normalized spacial score (nSPS) is 28.8. The number of nitrogens with zero attached hydrogens (tertiary/aromatic N) is 1. The molecule has 4 rings (SSSR count). The number of piperidine rings is 1. The summed E-state index contributed by atoms with van der Waals surface area (Å²) >= 11 is 0. The molecule has 2 heterocycles. The number of carbonyl (C=O) groups excluding carboxylic acids is 1. The second-order valence-electron chi connectivity index (χ2n) is 7.26. The van der Waals surface area contributed by atoms with Crippen molar-refractivity contribution in [3.63, 3.8) is 0 Å². The summed E-state index contributed by atoms with van der Waals surface area (Å²) in [6.07, 6.45) is 0.782. The van der Waals surface area contributed by atoms with Gasteiger partial charge in [0.15, 0.2) is 6.10 Å². The van der Waals surface area contributed by atoms with Crippen LogP contribution in [0.15, 0.2) is 47.4 Å². The van der Waals surface area contributed by atoms with Gasteiger partial charge in [0, 0.05) is 12.5 Å². The predicted octanol–water partition coefficient (Wildman–Crippen LogP) is 2.71. The van der Waals surface area contributed by atoms with E-state index in [1.54, 1.807) is 16.4 Å². The van der Waals surface area contributed by atoms with Gasteiger partial charge in [-0.25, -0.2) is 13.2 Å². The zero-order chi connectivity index (χ0) is 19.2. The van der Waals surface area contributed by atoms with Gasteiger partial charge in [-0.2, -0.15) is 4.31 Å². The monoisotopic (exact) mass is 389 g/mol. The van der Waals surface area contributed by atoms with Crippen molar-refractivity contribution < 1.29 is 22.7 Å². The molecular weight excluding hydrogens is 366 g/mol. The van der Waals surface area contributed by atoms with E-state index in [-0.39, 0.29) is 23.1 Å². The third-order valence-electron chi connectivity index (χ3n) is 5.61. The molecule has 0 aromatic heterocycles.